The van der Waals surface area contributed by atoms with Crippen molar-refractivity contribution in [2.75, 3.05) is 0 Å². The summed E-state index contributed by atoms with van der Waals surface area (Å²) >= 11 is 1.66. The molecule has 1 rings (SSSR count). The van der Waals surface area contributed by atoms with Crippen molar-refractivity contribution < 1.29 is 0 Å². The van der Waals surface area contributed by atoms with E-state index in [1.54, 1.807) is 11.8 Å². The van der Waals surface area contributed by atoms with Gasteiger partial charge in [-0.05, 0) is 37.3 Å². The summed E-state index contributed by atoms with van der Waals surface area (Å²) in [5, 5.41) is 1.86. The second-order valence-corrected chi connectivity index (χ2v) is 5.14. The zero-order valence-corrected chi connectivity index (χ0v) is 11.3. The van der Waals surface area contributed by atoms with Gasteiger partial charge in [0.1, 0.15) is 0 Å². The first kappa shape index (κ1) is 13.2. The molecule has 0 aliphatic heterocycles. The normalized spacial score (nSPS) is 11.4. The minimum absolute atomic E-state index is 0.184. The second kappa shape index (κ2) is 5.44. The van der Waals surface area contributed by atoms with Crippen LogP contribution in [0.2, 0.25) is 0 Å². The Kier molecular flexibility index (Phi) is 4.48. The molecule has 0 aromatic carbocycles. The maximum atomic E-state index is 3.92. The minimum Gasteiger partial charge on any atom is -0.341 e. The first-order valence-electron chi connectivity index (χ1n) is 5.74. The van der Waals surface area contributed by atoms with Gasteiger partial charge in [0, 0.05) is 16.6 Å². The molecule has 0 saturated carbocycles. The zero-order valence-electron chi connectivity index (χ0n) is 10.5. The smallest absolute Gasteiger partial charge is 0.0547 e. The first-order valence-corrected chi connectivity index (χ1v) is 6.62. The Morgan fingerprint density at radius 2 is 2.00 bits per heavy atom. The molecule has 0 aliphatic carbocycles. The lowest BCUT2D eigenvalue weighted by Gasteiger charge is -2.31. The van der Waals surface area contributed by atoms with Crippen molar-refractivity contribution >= 4 is 17.8 Å². The third-order valence-corrected chi connectivity index (χ3v) is 4.16. The van der Waals surface area contributed by atoms with Crippen LogP contribution in [0.5, 0.6) is 0 Å². The van der Waals surface area contributed by atoms with Crippen molar-refractivity contribution in [2.45, 2.75) is 44.0 Å². The van der Waals surface area contributed by atoms with Gasteiger partial charge < -0.3 is 4.57 Å². The molecule has 88 valence electrons. The average molecular weight is 235 g/mol. The van der Waals surface area contributed by atoms with Crippen LogP contribution in [0.3, 0.4) is 0 Å². The average Bonchev–Trinajstić information content (AvgIpc) is 2.72. The van der Waals surface area contributed by atoms with Gasteiger partial charge >= 0.3 is 0 Å². The van der Waals surface area contributed by atoms with Gasteiger partial charge in [0.2, 0.25) is 0 Å². The van der Waals surface area contributed by atoms with Gasteiger partial charge in [-0.25, -0.2) is 0 Å². The van der Waals surface area contributed by atoms with E-state index in [2.05, 4.69) is 50.8 Å². The van der Waals surface area contributed by atoms with Gasteiger partial charge in [-0.1, -0.05) is 38.8 Å². The Bertz CT molecular complexity index is 372. The molecule has 0 saturated heterocycles. The van der Waals surface area contributed by atoms with E-state index < -0.39 is 0 Å². The molecule has 0 aliphatic rings. The summed E-state index contributed by atoms with van der Waals surface area (Å²) in [5.74, 6) is 0. The topological polar surface area (TPSA) is 4.93 Å². The number of thioether (sulfide) groups is 1. The summed E-state index contributed by atoms with van der Waals surface area (Å²) in [6, 6.07) is 2.15. The Morgan fingerprint density at radius 1 is 1.38 bits per heavy atom. The van der Waals surface area contributed by atoms with Crippen LogP contribution >= 0.6 is 11.8 Å². The standard InChI is InChI=1S/C14H21NS/c1-6-12-13(16-9-4)10-11-15(12)14(5,7-2)8-3/h6,9-11H,1,4,7-8H2,2-3,5H3. The molecular formula is C14H21NS. The number of nitrogens with zero attached hydrogens (tertiary/aromatic N) is 1. The zero-order chi connectivity index (χ0) is 12.2. The van der Waals surface area contributed by atoms with E-state index in [1.165, 1.54) is 10.6 Å². The van der Waals surface area contributed by atoms with Crippen LogP contribution in [0, 0.1) is 0 Å². The maximum absolute atomic E-state index is 3.92. The fraction of sp³-hybridized carbons (Fsp3) is 0.429. The quantitative estimate of drug-likeness (QED) is 0.635. The van der Waals surface area contributed by atoms with E-state index in [9.17, 15) is 0 Å². The predicted molar refractivity (Wildman–Crippen MR) is 74.8 cm³/mol. The lowest BCUT2D eigenvalue weighted by atomic mass is 9.95. The van der Waals surface area contributed by atoms with Gasteiger partial charge in [-0.15, -0.1) is 0 Å². The molecule has 1 aromatic rings. The maximum Gasteiger partial charge on any atom is 0.0547 e. The molecule has 0 spiro atoms. The third kappa shape index (κ3) is 2.27. The van der Waals surface area contributed by atoms with Crippen molar-refractivity contribution in [1.29, 1.82) is 0 Å². The van der Waals surface area contributed by atoms with Crippen LogP contribution < -0.4 is 0 Å². The number of rotatable bonds is 6. The van der Waals surface area contributed by atoms with Gasteiger partial charge in [-0.2, -0.15) is 0 Å². The van der Waals surface area contributed by atoms with Gasteiger partial charge in [0.15, 0.2) is 0 Å². The van der Waals surface area contributed by atoms with E-state index in [1.807, 2.05) is 11.5 Å². The summed E-state index contributed by atoms with van der Waals surface area (Å²) in [7, 11) is 0. The molecular weight excluding hydrogens is 214 g/mol. The van der Waals surface area contributed by atoms with Crippen molar-refractivity contribution in [2.24, 2.45) is 0 Å². The molecule has 0 radical (unpaired) electrons. The van der Waals surface area contributed by atoms with Gasteiger partial charge in [0.25, 0.3) is 0 Å². The molecule has 1 aromatic heterocycles. The molecule has 0 unspecified atom stereocenters. The van der Waals surface area contributed by atoms with E-state index in [4.69, 9.17) is 0 Å². The van der Waals surface area contributed by atoms with Crippen LogP contribution in [-0.2, 0) is 5.54 Å². The van der Waals surface area contributed by atoms with Crippen LogP contribution in [0.15, 0.2) is 35.7 Å². The highest BCUT2D eigenvalue weighted by Crippen LogP contribution is 2.33. The fourth-order valence-electron chi connectivity index (χ4n) is 1.88. The Labute approximate surface area is 103 Å². The SMILES string of the molecule is C=CSc1ccn(C(C)(CC)CC)c1C=C. The third-order valence-electron chi connectivity index (χ3n) is 3.40. The Morgan fingerprint density at radius 3 is 2.44 bits per heavy atom. The molecule has 0 amide bonds. The Balaban J connectivity index is 3.23. The molecule has 0 N–H and O–H groups in total. The van der Waals surface area contributed by atoms with Gasteiger partial charge in [0.05, 0.1) is 5.69 Å². The fourth-order valence-corrected chi connectivity index (χ4v) is 2.50. The van der Waals surface area contributed by atoms with E-state index >= 15 is 0 Å². The van der Waals surface area contributed by atoms with E-state index in [0.29, 0.717) is 0 Å². The van der Waals surface area contributed by atoms with Crippen molar-refractivity contribution in [3.05, 3.63) is 36.5 Å². The van der Waals surface area contributed by atoms with Crippen LogP contribution in [0.25, 0.3) is 6.08 Å². The molecule has 0 bridgehead atoms. The predicted octanol–water partition coefficient (Wildman–Crippen LogP) is 4.90. The molecule has 2 heteroatoms. The molecule has 16 heavy (non-hydrogen) atoms. The van der Waals surface area contributed by atoms with Gasteiger partial charge in [-0.3, -0.25) is 0 Å². The van der Waals surface area contributed by atoms with Crippen molar-refractivity contribution in [3.8, 4) is 0 Å². The number of aromatic nitrogens is 1. The van der Waals surface area contributed by atoms with Crippen molar-refractivity contribution in [3.63, 3.8) is 0 Å². The summed E-state index contributed by atoms with van der Waals surface area (Å²) in [5.41, 5.74) is 1.39. The number of hydrogen-bond donors (Lipinski definition) is 0. The highest BCUT2D eigenvalue weighted by Gasteiger charge is 2.24. The Hall–Kier alpha value is -0.890. The summed E-state index contributed by atoms with van der Waals surface area (Å²) < 4.78 is 2.34. The number of hydrogen-bond acceptors (Lipinski definition) is 1. The van der Waals surface area contributed by atoms with Crippen molar-refractivity contribution in [1.82, 2.24) is 4.57 Å². The van der Waals surface area contributed by atoms with E-state index in [0.717, 1.165) is 12.8 Å². The molecule has 1 nitrogen and oxygen atoms in total. The molecule has 1 heterocycles. The lowest BCUT2D eigenvalue weighted by molar-refractivity contribution is 0.292. The van der Waals surface area contributed by atoms with Crippen LogP contribution in [0.1, 0.15) is 39.3 Å². The second-order valence-electron chi connectivity index (χ2n) is 4.13. The van der Waals surface area contributed by atoms with E-state index in [-0.39, 0.29) is 5.54 Å². The lowest BCUT2D eigenvalue weighted by Crippen LogP contribution is -2.28. The monoisotopic (exact) mass is 235 g/mol. The molecule has 0 atom stereocenters. The van der Waals surface area contributed by atoms with Crippen LogP contribution in [0.4, 0.5) is 0 Å². The summed E-state index contributed by atoms with van der Waals surface area (Å²) in [4.78, 5) is 1.23. The summed E-state index contributed by atoms with van der Waals surface area (Å²) in [6.45, 7) is 14.4. The molecule has 0 fully saturated rings. The first-order chi connectivity index (χ1) is 7.62. The summed E-state index contributed by atoms with van der Waals surface area (Å²) in [6.07, 6.45) is 6.35. The van der Waals surface area contributed by atoms with Crippen LogP contribution in [-0.4, -0.2) is 4.57 Å². The largest absolute Gasteiger partial charge is 0.341 e. The highest BCUT2D eigenvalue weighted by atomic mass is 32.2. The minimum atomic E-state index is 0.184. The highest BCUT2D eigenvalue weighted by molar-refractivity contribution is 8.02.